The van der Waals surface area contributed by atoms with Crippen molar-refractivity contribution < 1.29 is 23.4 Å². The number of nitrogens with zero attached hydrogens (tertiary/aromatic N) is 1. The topological polar surface area (TPSA) is 72.6 Å². The number of methoxy groups -OCH3 is 1. The van der Waals surface area contributed by atoms with E-state index in [2.05, 4.69) is 4.98 Å². The van der Waals surface area contributed by atoms with Gasteiger partial charge < -0.3 is 14.3 Å². The van der Waals surface area contributed by atoms with Crippen molar-refractivity contribution in [3.63, 3.8) is 0 Å². The summed E-state index contributed by atoms with van der Waals surface area (Å²) < 4.78 is 24.6. The third kappa shape index (κ3) is 2.91. The van der Waals surface area contributed by atoms with Crippen LogP contribution in [-0.4, -0.2) is 23.2 Å². The average Bonchev–Trinajstić information content (AvgIpc) is 3.06. The van der Waals surface area contributed by atoms with E-state index in [4.69, 9.17) is 9.15 Å². The van der Waals surface area contributed by atoms with Crippen LogP contribution in [0.3, 0.4) is 0 Å². The van der Waals surface area contributed by atoms with E-state index < -0.39 is 11.8 Å². The molecule has 6 heteroatoms. The van der Waals surface area contributed by atoms with Gasteiger partial charge in [-0.3, -0.25) is 4.98 Å². The zero-order valence-electron chi connectivity index (χ0n) is 14.3. The number of ether oxygens (including phenoxy) is 1. The number of carboxylic acids is 1. The summed E-state index contributed by atoms with van der Waals surface area (Å²) in [5.74, 6) is -0.871. The highest BCUT2D eigenvalue weighted by molar-refractivity contribution is 6.09. The summed E-state index contributed by atoms with van der Waals surface area (Å²) in [5, 5.41) is 10.1. The Hall–Kier alpha value is -3.67. The molecule has 1 N–H and O–H groups in total. The lowest BCUT2D eigenvalue weighted by Gasteiger charge is -2.08. The van der Waals surface area contributed by atoms with Crippen LogP contribution in [0, 0.1) is 5.82 Å². The maximum Gasteiger partial charge on any atom is 0.340 e. The predicted octanol–water partition coefficient (Wildman–Crippen LogP) is 5.01. The lowest BCUT2D eigenvalue weighted by atomic mass is 10.0. The molecule has 0 amide bonds. The van der Waals surface area contributed by atoms with Gasteiger partial charge in [0.15, 0.2) is 0 Å². The molecular formula is C21H14FNO4. The first-order chi connectivity index (χ1) is 13.1. The van der Waals surface area contributed by atoms with Crippen molar-refractivity contribution in [1.82, 2.24) is 4.98 Å². The van der Waals surface area contributed by atoms with E-state index in [-0.39, 0.29) is 11.3 Å². The van der Waals surface area contributed by atoms with Crippen LogP contribution in [0.4, 0.5) is 4.39 Å². The van der Waals surface area contributed by atoms with Gasteiger partial charge in [-0.15, -0.1) is 0 Å². The molecule has 4 rings (SSSR count). The number of rotatable bonds is 4. The highest BCUT2D eigenvalue weighted by Gasteiger charge is 2.23. The van der Waals surface area contributed by atoms with Crippen LogP contribution in [-0.2, 0) is 0 Å². The fourth-order valence-electron chi connectivity index (χ4n) is 3.06. The Labute approximate surface area is 153 Å². The SMILES string of the molecule is COc1cc2c(C(=O)O)c(-c3ccc(F)cc3)oc2cc1-c1cccnc1. The van der Waals surface area contributed by atoms with Crippen LogP contribution < -0.4 is 4.74 Å². The van der Waals surface area contributed by atoms with Gasteiger partial charge in [0, 0.05) is 34.5 Å². The van der Waals surface area contributed by atoms with Gasteiger partial charge in [-0.25, -0.2) is 9.18 Å². The largest absolute Gasteiger partial charge is 0.496 e. The Kier molecular flexibility index (Phi) is 4.08. The van der Waals surface area contributed by atoms with E-state index in [0.29, 0.717) is 22.3 Å². The number of carboxylic acid groups (broad SMARTS) is 1. The van der Waals surface area contributed by atoms with Crippen molar-refractivity contribution in [2.24, 2.45) is 0 Å². The van der Waals surface area contributed by atoms with Crippen LogP contribution in [0.15, 0.2) is 65.3 Å². The van der Waals surface area contributed by atoms with Gasteiger partial charge in [-0.05, 0) is 42.5 Å². The highest BCUT2D eigenvalue weighted by atomic mass is 19.1. The first kappa shape index (κ1) is 16.8. The molecule has 2 aromatic heterocycles. The molecule has 0 atom stereocenters. The average molecular weight is 363 g/mol. The fourth-order valence-corrected chi connectivity index (χ4v) is 3.06. The second-order valence-electron chi connectivity index (χ2n) is 5.91. The molecule has 0 spiro atoms. The molecule has 2 heterocycles. The van der Waals surface area contributed by atoms with E-state index in [1.165, 1.54) is 31.4 Å². The van der Waals surface area contributed by atoms with Gasteiger partial charge in [0.25, 0.3) is 0 Å². The number of pyridine rings is 1. The van der Waals surface area contributed by atoms with Crippen molar-refractivity contribution >= 4 is 16.9 Å². The van der Waals surface area contributed by atoms with Crippen molar-refractivity contribution in [3.8, 4) is 28.2 Å². The molecule has 5 nitrogen and oxygen atoms in total. The predicted molar refractivity (Wildman–Crippen MR) is 98.4 cm³/mol. The summed E-state index contributed by atoms with van der Waals surface area (Å²) in [5.41, 5.74) is 2.42. The second-order valence-corrected chi connectivity index (χ2v) is 5.91. The molecule has 0 unspecified atom stereocenters. The number of carbonyl (C=O) groups is 1. The Morgan fingerprint density at radius 3 is 2.56 bits per heavy atom. The number of halogens is 1. The molecule has 0 fully saturated rings. The van der Waals surface area contributed by atoms with E-state index >= 15 is 0 Å². The highest BCUT2D eigenvalue weighted by Crippen LogP contribution is 2.40. The molecule has 0 aliphatic rings. The molecule has 2 aromatic carbocycles. The summed E-state index contributed by atoms with van der Waals surface area (Å²) in [6.45, 7) is 0. The van der Waals surface area contributed by atoms with Gasteiger partial charge in [0.05, 0.1) is 7.11 Å². The van der Waals surface area contributed by atoms with Crippen LogP contribution in [0.5, 0.6) is 5.75 Å². The summed E-state index contributed by atoms with van der Waals surface area (Å²) in [6.07, 6.45) is 3.35. The molecule has 4 aromatic rings. The van der Waals surface area contributed by atoms with Crippen molar-refractivity contribution in [2.45, 2.75) is 0 Å². The second kappa shape index (κ2) is 6.57. The van der Waals surface area contributed by atoms with Gasteiger partial charge in [0.1, 0.15) is 28.5 Å². The molecule has 0 aliphatic carbocycles. The van der Waals surface area contributed by atoms with E-state index in [0.717, 1.165) is 11.1 Å². The molecule has 0 saturated carbocycles. The minimum atomic E-state index is -1.13. The molecule has 0 aliphatic heterocycles. The number of hydrogen-bond acceptors (Lipinski definition) is 4. The zero-order valence-corrected chi connectivity index (χ0v) is 14.3. The Bertz CT molecular complexity index is 1130. The Morgan fingerprint density at radius 2 is 1.93 bits per heavy atom. The minimum Gasteiger partial charge on any atom is -0.496 e. The number of fused-ring (bicyclic) bond motifs is 1. The van der Waals surface area contributed by atoms with Crippen molar-refractivity contribution in [3.05, 3.63) is 72.3 Å². The van der Waals surface area contributed by atoms with Crippen molar-refractivity contribution in [2.75, 3.05) is 7.11 Å². The monoisotopic (exact) mass is 363 g/mol. The van der Waals surface area contributed by atoms with Gasteiger partial charge >= 0.3 is 5.97 Å². The molecule has 134 valence electrons. The minimum absolute atomic E-state index is 0.00708. The molecule has 0 radical (unpaired) electrons. The standard InChI is InChI=1S/C21H14FNO4/c1-26-17-10-16-18(9-15(17)13-3-2-8-23-11-13)27-20(19(16)21(24)25)12-4-6-14(22)7-5-12/h2-11H,1H3,(H,24,25). The number of aromatic carboxylic acids is 1. The number of aromatic nitrogens is 1. The first-order valence-corrected chi connectivity index (χ1v) is 8.12. The van der Waals surface area contributed by atoms with Crippen molar-refractivity contribution in [1.29, 1.82) is 0 Å². The van der Waals surface area contributed by atoms with Gasteiger partial charge in [-0.2, -0.15) is 0 Å². The summed E-state index contributed by atoms with van der Waals surface area (Å²) in [6, 6.07) is 12.5. The van der Waals surface area contributed by atoms with E-state index in [9.17, 15) is 14.3 Å². The number of benzene rings is 2. The smallest absolute Gasteiger partial charge is 0.340 e. The quantitative estimate of drug-likeness (QED) is 0.552. The Morgan fingerprint density at radius 1 is 1.15 bits per heavy atom. The summed E-state index contributed by atoms with van der Waals surface area (Å²) >= 11 is 0. The molecular weight excluding hydrogens is 349 g/mol. The molecule has 0 saturated heterocycles. The lowest BCUT2D eigenvalue weighted by molar-refractivity contribution is 0.0699. The third-order valence-electron chi connectivity index (χ3n) is 4.30. The number of furan rings is 1. The van der Waals surface area contributed by atoms with Crippen LogP contribution in [0.25, 0.3) is 33.4 Å². The van der Waals surface area contributed by atoms with Crippen LogP contribution in [0.1, 0.15) is 10.4 Å². The fraction of sp³-hybridized carbons (Fsp3) is 0.0476. The lowest BCUT2D eigenvalue weighted by Crippen LogP contribution is -1.97. The number of hydrogen-bond donors (Lipinski definition) is 1. The first-order valence-electron chi connectivity index (χ1n) is 8.12. The van der Waals surface area contributed by atoms with E-state index in [1.807, 2.05) is 6.07 Å². The summed E-state index contributed by atoms with van der Waals surface area (Å²) in [7, 11) is 1.52. The van der Waals surface area contributed by atoms with Gasteiger partial charge in [0.2, 0.25) is 0 Å². The maximum absolute atomic E-state index is 13.2. The molecule has 0 bridgehead atoms. The van der Waals surface area contributed by atoms with Crippen LogP contribution in [0.2, 0.25) is 0 Å². The van der Waals surface area contributed by atoms with E-state index in [1.54, 1.807) is 30.6 Å². The van der Waals surface area contributed by atoms with Gasteiger partial charge in [-0.1, -0.05) is 6.07 Å². The molecule has 27 heavy (non-hydrogen) atoms. The normalized spacial score (nSPS) is 10.9. The zero-order chi connectivity index (χ0) is 19.0. The van der Waals surface area contributed by atoms with Crippen LogP contribution >= 0.6 is 0 Å². The third-order valence-corrected chi connectivity index (χ3v) is 4.30. The summed E-state index contributed by atoms with van der Waals surface area (Å²) in [4.78, 5) is 16.0. The maximum atomic E-state index is 13.2. The Balaban J connectivity index is 2.00.